The van der Waals surface area contributed by atoms with Gasteiger partial charge in [0.05, 0.1) is 19.8 Å². The molecule has 3 aliphatic carbocycles. The third kappa shape index (κ3) is 6.29. The average Bonchev–Trinajstić information content (AvgIpc) is 2.88. The van der Waals surface area contributed by atoms with E-state index in [0.29, 0.717) is 30.7 Å². The number of benzene rings is 1. The molecule has 3 heteroatoms. The number of hydrogen-bond acceptors (Lipinski definition) is 3. The van der Waals surface area contributed by atoms with Gasteiger partial charge in [0, 0.05) is 0 Å². The quantitative estimate of drug-likeness (QED) is 0.236. The van der Waals surface area contributed by atoms with Crippen LogP contribution in [0.25, 0.3) is 0 Å². The summed E-state index contributed by atoms with van der Waals surface area (Å²) in [5.41, 5.74) is 3.89. The highest BCUT2D eigenvalue weighted by Crippen LogP contribution is 2.59. The second kappa shape index (κ2) is 12.0. The molecule has 3 saturated carbocycles. The lowest BCUT2D eigenvalue weighted by molar-refractivity contribution is -0.232. The highest BCUT2D eigenvalue weighted by molar-refractivity contribution is 5.32. The maximum atomic E-state index is 6.10. The first-order valence-corrected chi connectivity index (χ1v) is 13.8. The number of allylic oxidation sites excluding steroid dienone is 1. The van der Waals surface area contributed by atoms with Crippen LogP contribution in [0.5, 0.6) is 0 Å². The van der Waals surface area contributed by atoms with Gasteiger partial charge in [-0.15, -0.1) is 0 Å². The maximum absolute atomic E-state index is 6.10. The molecule has 1 saturated heterocycles. The van der Waals surface area contributed by atoms with Crippen molar-refractivity contribution in [1.82, 2.24) is 0 Å². The molecule has 1 aliphatic heterocycles. The number of ether oxygens (including phenoxy) is 3. The molecule has 4 aliphatic rings. The smallest absolute Gasteiger partial charge is 0.181 e. The molecule has 4 fully saturated rings. The van der Waals surface area contributed by atoms with Crippen molar-refractivity contribution in [2.75, 3.05) is 19.8 Å². The van der Waals surface area contributed by atoms with E-state index in [2.05, 4.69) is 50.3 Å². The van der Waals surface area contributed by atoms with E-state index >= 15 is 0 Å². The van der Waals surface area contributed by atoms with Crippen LogP contribution in [0.15, 0.2) is 36.4 Å². The van der Waals surface area contributed by atoms with E-state index in [4.69, 9.17) is 14.2 Å². The van der Waals surface area contributed by atoms with E-state index < -0.39 is 0 Å². The minimum Gasteiger partial charge on any atom is -0.366 e. The van der Waals surface area contributed by atoms with E-state index in [1.54, 1.807) is 5.56 Å². The minimum absolute atomic E-state index is 0.0143. The molecule has 0 aromatic heterocycles. The molecule has 0 unspecified atom stereocenters. The van der Waals surface area contributed by atoms with Gasteiger partial charge in [0.2, 0.25) is 0 Å². The largest absolute Gasteiger partial charge is 0.366 e. The highest BCUT2D eigenvalue weighted by atomic mass is 16.7. The van der Waals surface area contributed by atoms with Crippen LogP contribution in [0.4, 0.5) is 0 Å². The van der Waals surface area contributed by atoms with Gasteiger partial charge in [0.15, 0.2) is 6.29 Å². The molecule has 184 valence electrons. The molecule has 1 heterocycles. The van der Waals surface area contributed by atoms with E-state index in [1.165, 1.54) is 82.6 Å². The molecule has 0 N–H and O–H groups in total. The van der Waals surface area contributed by atoms with Gasteiger partial charge >= 0.3 is 0 Å². The number of unbranched alkanes of at least 4 members (excludes halogenated alkanes) is 4. The van der Waals surface area contributed by atoms with Crippen molar-refractivity contribution >= 4 is 0 Å². The fraction of sp³-hybridized carbons (Fsp3) is 0.733. The molecule has 1 aromatic carbocycles. The Morgan fingerprint density at radius 3 is 2.21 bits per heavy atom. The Labute approximate surface area is 202 Å². The summed E-state index contributed by atoms with van der Waals surface area (Å²) in [5.74, 6) is 0. The topological polar surface area (TPSA) is 27.7 Å². The molecule has 0 amide bonds. The minimum atomic E-state index is -0.252. The molecule has 0 radical (unpaired) electrons. The lowest BCUT2D eigenvalue weighted by Gasteiger charge is -2.54. The molecule has 5 rings (SSSR count). The van der Waals surface area contributed by atoms with Gasteiger partial charge in [-0.25, -0.2) is 0 Å². The SMILES string of the molecule is CCCCC=CCO[C@@H]1CO[C@@H](c2ccc(C34CCC(CCCCC)(CC3)CC4)cc2)CO1. The molecule has 0 spiro atoms. The lowest BCUT2D eigenvalue weighted by Crippen LogP contribution is -2.44. The summed E-state index contributed by atoms with van der Waals surface area (Å²) in [6.07, 6.45) is 21.8. The zero-order chi connectivity index (χ0) is 23.0. The van der Waals surface area contributed by atoms with E-state index in [0.717, 1.165) is 6.42 Å². The summed E-state index contributed by atoms with van der Waals surface area (Å²) in [4.78, 5) is 0. The molecule has 33 heavy (non-hydrogen) atoms. The highest BCUT2D eigenvalue weighted by Gasteiger charge is 2.48. The zero-order valence-electron chi connectivity index (χ0n) is 21.2. The Hall–Kier alpha value is -1.16. The predicted octanol–water partition coefficient (Wildman–Crippen LogP) is 8.04. The molecule has 2 bridgehead atoms. The summed E-state index contributed by atoms with van der Waals surface area (Å²) in [7, 11) is 0. The Morgan fingerprint density at radius 2 is 1.58 bits per heavy atom. The van der Waals surface area contributed by atoms with Gasteiger partial charge in [-0.1, -0.05) is 82.4 Å². The van der Waals surface area contributed by atoms with E-state index in [1.807, 2.05) is 0 Å². The van der Waals surface area contributed by atoms with Crippen molar-refractivity contribution in [2.45, 2.75) is 115 Å². The van der Waals surface area contributed by atoms with Gasteiger partial charge in [0.25, 0.3) is 0 Å². The fourth-order valence-electron chi connectivity index (χ4n) is 6.32. The second-order valence-electron chi connectivity index (χ2n) is 10.9. The summed E-state index contributed by atoms with van der Waals surface area (Å²) < 4.78 is 17.8. The van der Waals surface area contributed by atoms with Gasteiger partial charge in [-0.05, 0) is 73.3 Å². The van der Waals surface area contributed by atoms with Crippen LogP contribution in [0.3, 0.4) is 0 Å². The number of hydrogen-bond donors (Lipinski definition) is 0. The fourth-order valence-corrected chi connectivity index (χ4v) is 6.32. The average molecular weight is 455 g/mol. The Balaban J connectivity index is 1.23. The summed E-state index contributed by atoms with van der Waals surface area (Å²) >= 11 is 0. The van der Waals surface area contributed by atoms with Crippen molar-refractivity contribution in [2.24, 2.45) is 5.41 Å². The molecule has 3 nitrogen and oxygen atoms in total. The molecule has 2 atom stereocenters. The van der Waals surface area contributed by atoms with E-state index in [9.17, 15) is 0 Å². The Bertz CT molecular complexity index is 705. The molecular weight excluding hydrogens is 408 g/mol. The van der Waals surface area contributed by atoms with Gasteiger partial charge in [-0.3, -0.25) is 0 Å². The number of fused-ring (bicyclic) bond motifs is 3. The standard InChI is InChI=1S/C30H46O3/c1-3-5-7-8-10-22-31-28-24-32-27(23-33-28)25-11-13-26(14-12-25)30-19-16-29(17-20-30,18-21-30)15-9-6-4-2/h8,10-14,27-28H,3-7,9,15-24H2,1-2H3/t27-,28+,29?,30?/m1/s1. The first kappa shape index (κ1) is 24.9. The van der Waals surface area contributed by atoms with Gasteiger partial charge in [0.1, 0.15) is 6.10 Å². The van der Waals surface area contributed by atoms with Crippen LogP contribution in [-0.4, -0.2) is 26.1 Å². The van der Waals surface area contributed by atoms with Crippen LogP contribution in [-0.2, 0) is 19.6 Å². The first-order valence-electron chi connectivity index (χ1n) is 13.8. The summed E-state index contributed by atoms with van der Waals surface area (Å²) in [5, 5.41) is 0. The molecule has 1 aromatic rings. The predicted molar refractivity (Wildman–Crippen MR) is 135 cm³/mol. The van der Waals surface area contributed by atoms with Crippen LogP contribution in [0, 0.1) is 5.41 Å². The van der Waals surface area contributed by atoms with Crippen molar-refractivity contribution in [3.8, 4) is 0 Å². The third-order valence-electron chi connectivity index (χ3n) is 8.74. The van der Waals surface area contributed by atoms with Crippen molar-refractivity contribution in [3.63, 3.8) is 0 Å². The third-order valence-corrected chi connectivity index (χ3v) is 8.74. The van der Waals surface area contributed by atoms with Crippen molar-refractivity contribution < 1.29 is 14.2 Å². The second-order valence-corrected chi connectivity index (χ2v) is 10.9. The monoisotopic (exact) mass is 454 g/mol. The van der Waals surface area contributed by atoms with Crippen LogP contribution >= 0.6 is 0 Å². The van der Waals surface area contributed by atoms with Gasteiger partial charge in [-0.2, -0.15) is 0 Å². The van der Waals surface area contributed by atoms with Crippen molar-refractivity contribution in [1.29, 1.82) is 0 Å². The van der Waals surface area contributed by atoms with E-state index in [-0.39, 0.29) is 12.4 Å². The number of rotatable bonds is 12. The summed E-state index contributed by atoms with van der Waals surface area (Å²) in [6.45, 7) is 6.19. The normalized spacial score (nSPS) is 31.9. The summed E-state index contributed by atoms with van der Waals surface area (Å²) in [6, 6.07) is 9.34. The van der Waals surface area contributed by atoms with Crippen molar-refractivity contribution in [3.05, 3.63) is 47.5 Å². The maximum Gasteiger partial charge on any atom is 0.181 e. The van der Waals surface area contributed by atoms with Crippen LogP contribution < -0.4 is 0 Å². The first-order chi connectivity index (χ1) is 16.2. The van der Waals surface area contributed by atoms with Gasteiger partial charge < -0.3 is 14.2 Å². The lowest BCUT2D eigenvalue weighted by atomic mass is 9.51. The van der Waals surface area contributed by atoms with Crippen LogP contribution in [0.1, 0.15) is 115 Å². The Kier molecular flexibility index (Phi) is 9.07. The zero-order valence-corrected chi connectivity index (χ0v) is 21.2. The molecular formula is C30H46O3. The van der Waals surface area contributed by atoms with Crippen LogP contribution in [0.2, 0.25) is 0 Å². The Morgan fingerprint density at radius 1 is 0.848 bits per heavy atom.